The first-order valence-electron chi connectivity index (χ1n) is 11.7. The molecule has 0 bridgehead atoms. The number of carbonyl (C=O) groups excluding carboxylic acids is 1. The van der Waals surface area contributed by atoms with Crippen LogP contribution in [-0.4, -0.2) is 23.3 Å². The number of hydrogen-bond donors (Lipinski definition) is 2. The van der Waals surface area contributed by atoms with E-state index in [-0.39, 0.29) is 24.5 Å². The Morgan fingerprint density at radius 3 is 2.64 bits per heavy atom. The maximum absolute atomic E-state index is 13.0. The third-order valence-electron chi connectivity index (χ3n) is 6.52. The summed E-state index contributed by atoms with van der Waals surface area (Å²) in [7, 11) is 0. The second-order valence-corrected chi connectivity index (χ2v) is 9.76. The summed E-state index contributed by atoms with van der Waals surface area (Å²) < 4.78 is 13.4. The fourth-order valence-electron chi connectivity index (χ4n) is 4.68. The molecular weight excluding hydrogens is 434 g/mol. The van der Waals surface area contributed by atoms with Gasteiger partial charge in [0.15, 0.2) is 5.76 Å². The summed E-state index contributed by atoms with van der Waals surface area (Å²) in [6.45, 7) is 0.401. The molecule has 2 aliphatic rings. The molecule has 1 aromatic heterocycles. The minimum absolute atomic E-state index is 0.0212. The molecule has 1 aliphatic heterocycles. The number of aliphatic hydroxyl groups excluding tert-OH is 1. The molecule has 1 saturated carbocycles. The van der Waals surface area contributed by atoms with E-state index in [1.165, 1.54) is 15.6 Å². The zero-order valence-electron chi connectivity index (χ0n) is 18.5. The van der Waals surface area contributed by atoms with Gasteiger partial charge in [0.25, 0.3) is 5.91 Å². The van der Waals surface area contributed by atoms with E-state index in [9.17, 15) is 9.90 Å². The number of rotatable bonds is 7. The Morgan fingerprint density at radius 1 is 1.09 bits per heavy atom. The van der Waals surface area contributed by atoms with E-state index < -0.39 is 6.29 Å². The molecule has 33 heavy (non-hydrogen) atoms. The largest absolute Gasteiger partial charge is 0.459 e. The monoisotopic (exact) mass is 463 g/mol. The molecule has 0 radical (unpaired) electrons. The van der Waals surface area contributed by atoms with Gasteiger partial charge in [-0.15, -0.1) is 11.3 Å². The molecule has 5 nitrogen and oxygen atoms in total. The summed E-state index contributed by atoms with van der Waals surface area (Å²) in [4.78, 5) is 13.0. The average Bonchev–Trinajstić information content (AvgIpc) is 3.53. The average molecular weight is 464 g/mol. The fourth-order valence-corrected chi connectivity index (χ4v) is 5.70. The summed E-state index contributed by atoms with van der Waals surface area (Å²) in [6.07, 6.45) is 6.48. The smallest absolute Gasteiger partial charge is 0.286 e. The first-order valence-corrected chi connectivity index (χ1v) is 12.5. The lowest BCUT2D eigenvalue weighted by molar-refractivity contribution is -0.150. The van der Waals surface area contributed by atoms with Gasteiger partial charge in [-0.3, -0.25) is 4.79 Å². The van der Waals surface area contributed by atoms with Crippen LogP contribution < -0.4 is 5.32 Å². The van der Waals surface area contributed by atoms with Crippen molar-refractivity contribution < 1.29 is 19.4 Å². The number of ether oxygens (including phenoxy) is 2. The zero-order valence-corrected chi connectivity index (χ0v) is 19.4. The maximum atomic E-state index is 13.0. The molecule has 1 amide bonds. The van der Waals surface area contributed by atoms with Crippen LogP contribution in [0.2, 0.25) is 0 Å². The summed E-state index contributed by atoms with van der Waals surface area (Å²) in [5.74, 6) is 0.252. The summed E-state index contributed by atoms with van der Waals surface area (Å²) in [6, 6.07) is 16.3. The Bertz CT molecular complexity index is 1130. The minimum Gasteiger partial charge on any atom is -0.459 e. The van der Waals surface area contributed by atoms with Gasteiger partial charge >= 0.3 is 0 Å². The van der Waals surface area contributed by atoms with Crippen molar-refractivity contribution in [2.24, 2.45) is 0 Å². The Labute approximate surface area is 198 Å². The van der Waals surface area contributed by atoms with Crippen molar-refractivity contribution in [2.45, 2.75) is 63.6 Å². The lowest BCUT2D eigenvalue weighted by atomic mass is 9.92. The van der Waals surface area contributed by atoms with Crippen molar-refractivity contribution in [1.82, 2.24) is 5.32 Å². The molecule has 5 rings (SSSR count). The van der Waals surface area contributed by atoms with Gasteiger partial charge in [-0.2, -0.15) is 0 Å². The molecule has 172 valence electrons. The summed E-state index contributed by atoms with van der Waals surface area (Å²) in [5, 5.41) is 15.8. The van der Waals surface area contributed by atoms with Crippen LogP contribution in [-0.2, 0) is 27.5 Å². The first kappa shape index (κ1) is 22.1. The molecule has 2 aromatic carbocycles. The lowest BCUT2D eigenvalue weighted by Gasteiger charge is -2.29. The Hall–Kier alpha value is -2.67. The van der Waals surface area contributed by atoms with E-state index in [2.05, 4.69) is 35.0 Å². The van der Waals surface area contributed by atoms with E-state index >= 15 is 0 Å². The number of benzene rings is 2. The van der Waals surface area contributed by atoms with Gasteiger partial charge in [-0.05, 0) is 52.4 Å². The van der Waals surface area contributed by atoms with Crippen LogP contribution in [0.4, 0.5) is 0 Å². The molecule has 0 saturated heterocycles. The van der Waals surface area contributed by atoms with Gasteiger partial charge in [-0.1, -0.05) is 55.3 Å². The predicted molar refractivity (Wildman–Crippen MR) is 130 cm³/mol. The number of hydrogen-bond acceptors (Lipinski definition) is 5. The highest BCUT2D eigenvalue weighted by Crippen LogP contribution is 2.38. The molecular formula is C27H29NO4S. The Balaban J connectivity index is 1.35. The second kappa shape index (κ2) is 10.1. The van der Waals surface area contributed by atoms with Crippen molar-refractivity contribution in [2.75, 3.05) is 0 Å². The molecule has 1 fully saturated rings. The molecule has 2 N–H and O–H groups in total. The van der Waals surface area contributed by atoms with Crippen molar-refractivity contribution in [1.29, 1.82) is 0 Å². The van der Waals surface area contributed by atoms with Crippen molar-refractivity contribution in [3.05, 3.63) is 82.4 Å². The van der Waals surface area contributed by atoms with Crippen LogP contribution in [0.15, 0.2) is 65.7 Å². The first-order chi connectivity index (χ1) is 16.2. The third-order valence-corrected chi connectivity index (χ3v) is 7.51. The van der Waals surface area contributed by atoms with Crippen LogP contribution in [0.25, 0.3) is 10.1 Å². The molecule has 0 unspecified atom stereocenters. The minimum atomic E-state index is -0.513. The number of allylic oxidation sites excluding steroid dienone is 1. The van der Waals surface area contributed by atoms with E-state index in [0.29, 0.717) is 18.8 Å². The number of fused-ring (bicyclic) bond motifs is 1. The normalized spacial score (nSPS) is 21.1. The number of aliphatic hydroxyl groups is 1. The quantitative estimate of drug-likeness (QED) is 0.493. The third kappa shape index (κ3) is 5.13. The van der Waals surface area contributed by atoms with Crippen LogP contribution in [0.1, 0.15) is 54.7 Å². The molecule has 2 heterocycles. The summed E-state index contributed by atoms with van der Waals surface area (Å²) >= 11 is 1.73. The zero-order chi connectivity index (χ0) is 22.6. The Morgan fingerprint density at radius 2 is 1.85 bits per heavy atom. The highest BCUT2D eigenvalue weighted by Gasteiger charge is 2.31. The highest BCUT2D eigenvalue weighted by molar-refractivity contribution is 7.17. The Kier molecular flexibility index (Phi) is 6.76. The van der Waals surface area contributed by atoms with Crippen molar-refractivity contribution >= 4 is 27.3 Å². The summed E-state index contributed by atoms with van der Waals surface area (Å²) in [5.41, 5.74) is 3.08. The lowest BCUT2D eigenvalue weighted by Crippen LogP contribution is -2.37. The molecule has 2 atom stereocenters. The number of nitrogens with one attached hydrogen (secondary N) is 1. The standard InChI is InChI=1S/C27H29NO4S/c29-15-18-9-11-19(12-10-18)16-31-26-14-20(23-17-33-25-8-4-3-7-22(23)25)13-24(32-26)27(30)28-21-5-1-2-6-21/h3-4,7-13,17,20-21,26,29H,1-2,5-6,14-16H2,(H,28,30)/t20-,26+/m1/s1. The number of amides is 1. The van der Waals surface area contributed by atoms with Crippen LogP contribution >= 0.6 is 11.3 Å². The second-order valence-electron chi connectivity index (χ2n) is 8.85. The van der Waals surface area contributed by atoms with Crippen molar-refractivity contribution in [3.8, 4) is 0 Å². The van der Waals surface area contributed by atoms with E-state index in [0.717, 1.165) is 36.8 Å². The van der Waals surface area contributed by atoms with Gasteiger partial charge in [-0.25, -0.2) is 0 Å². The molecule has 0 spiro atoms. The van der Waals surface area contributed by atoms with Crippen LogP contribution in [0.3, 0.4) is 0 Å². The van der Waals surface area contributed by atoms with Crippen molar-refractivity contribution in [3.63, 3.8) is 0 Å². The fraction of sp³-hybridized carbons (Fsp3) is 0.370. The topological polar surface area (TPSA) is 67.8 Å². The molecule has 3 aromatic rings. The maximum Gasteiger partial charge on any atom is 0.286 e. The van der Waals surface area contributed by atoms with Gasteiger partial charge in [0, 0.05) is 23.1 Å². The molecule has 1 aliphatic carbocycles. The highest BCUT2D eigenvalue weighted by atomic mass is 32.1. The predicted octanol–water partition coefficient (Wildman–Crippen LogP) is 5.38. The number of carbonyl (C=O) groups is 1. The van der Waals surface area contributed by atoms with E-state index in [1.807, 2.05) is 30.3 Å². The van der Waals surface area contributed by atoms with Gasteiger partial charge in [0.05, 0.1) is 13.2 Å². The number of thiophene rings is 1. The molecule has 6 heteroatoms. The SMILES string of the molecule is O=C(NC1CCCC1)C1=C[C@@H](c2csc3ccccc23)C[C@@H](OCc2ccc(CO)cc2)O1. The van der Waals surface area contributed by atoms with Gasteiger partial charge in [0.1, 0.15) is 0 Å². The van der Waals surface area contributed by atoms with E-state index in [1.54, 1.807) is 11.3 Å². The van der Waals surface area contributed by atoms with Gasteiger partial charge in [0.2, 0.25) is 6.29 Å². The van der Waals surface area contributed by atoms with Crippen LogP contribution in [0, 0.1) is 0 Å². The van der Waals surface area contributed by atoms with E-state index in [4.69, 9.17) is 9.47 Å². The van der Waals surface area contributed by atoms with Gasteiger partial charge < -0.3 is 19.9 Å². The van der Waals surface area contributed by atoms with Crippen LogP contribution in [0.5, 0.6) is 0 Å².